The third-order valence-electron chi connectivity index (χ3n) is 4.24. The van der Waals surface area contributed by atoms with Gasteiger partial charge in [-0.3, -0.25) is 9.59 Å². The maximum absolute atomic E-state index is 12.7. The lowest BCUT2D eigenvalue weighted by Crippen LogP contribution is -2.09. The lowest BCUT2D eigenvalue weighted by Gasteiger charge is -2.08. The van der Waals surface area contributed by atoms with Crippen molar-refractivity contribution in [2.24, 2.45) is 0 Å². The Bertz CT molecular complexity index is 945. The summed E-state index contributed by atoms with van der Waals surface area (Å²) in [6.45, 7) is 1.90. The predicted molar refractivity (Wildman–Crippen MR) is 105 cm³/mol. The Morgan fingerprint density at radius 1 is 0.731 bits per heavy atom. The van der Waals surface area contributed by atoms with E-state index in [2.05, 4.69) is 0 Å². The van der Waals surface area contributed by atoms with Crippen molar-refractivity contribution in [3.05, 3.63) is 101 Å². The van der Waals surface area contributed by atoms with Gasteiger partial charge in [-0.15, -0.1) is 0 Å². The van der Waals surface area contributed by atoms with Crippen LogP contribution in [0.15, 0.2) is 72.8 Å². The zero-order valence-corrected chi connectivity index (χ0v) is 14.7. The number of Topliss-reactive ketones (excluding diaryl/α,β-unsaturated/α-hetero) is 2. The molecule has 130 valence electrons. The number of aryl methyl sites for hydroxylation is 1. The molecule has 0 aliphatic carbocycles. The Hall–Kier alpha value is -3.20. The van der Waals surface area contributed by atoms with Crippen molar-refractivity contribution in [3.8, 4) is 0 Å². The Labute approximate surface area is 153 Å². The summed E-state index contributed by atoms with van der Waals surface area (Å²) in [4.78, 5) is 25.3. The molecule has 0 spiro atoms. The number of nitrogen functional groups attached to an aromatic ring is 1. The van der Waals surface area contributed by atoms with E-state index in [1.54, 1.807) is 18.2 Å². The van der Waals surface area contributed by atoms with Gasteiger partial charge in [0.05, 0.1) is 0 Å². The van der Waals surface area contributed by atoms with Crippen molar-refractivity contribution >= 4 is 17.3 Å². The number of ketones is 2. The topological polar surface area (TPSA) is 60.2 Å². The third kappa shape index (κ3) is 4.45. The normalized spacial score (nSPS) is 10.5. The fraction of sp³-hybridized carbons (Fsp3) is 0.130. The second kappa shape index (κ2) is 7.79. The van der Waals surface area contributed by atoms with Gasteiger partial charge in [0, 0.05) is 29.7 Å². The fourth-order valence-electron chi connectivity index (χ4n) is 2.98. The monoisotopic (exact) mass is 343 g/mol. The summed E-state index contributed by atoms with van der Waals surface area (Å²) in [6, 6.07) is 22.3. The third-order valence-corrected chi connectivity index (χ3v) is 4.24. The Morgan fingerprint density at radius 2 is 1.31 bits per heavy atom. The number of carbonyl (C=O) groups excluding carboxylic acids is 2. The number of anilines is 1. The standard InChI is InChI=1S/C23H21NO2/c1-16-10-19(22(25)13-17-6-3-2-4-7-17)15-20(11-16)23(26)14-18-8-5-9-21(24)12-18/h2-12,15H,13-14,24H2,1H3. The van der Waals surface area contributed by atoms with Crippen LogP contribution in [-0.2, 0) is 12.8 Å². The molecule has 0 aromatic heterocycles. The molecule has 2 N–H and O–H groups in total. The van der Waals surface area contributed by atoms with Crippen LogP contribution >= 0.6 is 0 Å². The first-order valence-corrected chi connectivity index (χ1v) is 8.58. The molecule has 0 unspecified atom stereocenters. The molecular formula is C23H21NO2. The number of benzene rings is 3. The van der Waals surface area contributed by atoms with E-state index in [9.17, 15) is 9.59 Å². The minimum atomic E-state index is -0.0203. The molecule has 0 aliphatic heterocycles. The Balaban J connectivity index is 1.80. The minimum absolute atomic E-state index is 0.0119. The van der Waals surface area contributed by atoms with Crippen LogP contribution in [0.2, 0.25) is 0 Å². The number of carbonyl (C=O) groups is 2. The number of hydrogen-bond acceptors (Lipinski definition) is 3. The number of hydrogen-bond donors (Lipinski definition) is 1. The molecule has 0 saturated carbocycles. The molecule has 3 heteroatoms. The predicted octanol–water partition coefficient (Wildman–Crippen LogP) is 4.43. The van der Waals surface area contributed by atoms with Crippen LogP contribution in [0.3, 0.4) is 0 Å². The zero-order valence-electron chi connectivity index (χ0n) is 14.7. The quantitative estimate of drug-likeness (QED) is 0.532. The van der Waals surface area contributed by atoms with E-state index in [1.165, 1.54) is 0 Å². The van der Waals surface area contributed by atoms with Gasteiger partial charge in [0.1, 0.15) is 0 Å². The van der Waals surface area contributed by atoms with Crippen LogP contribution in [-0.4, -0.2) is 11.6 Å². The van der Waals surface area contributed by atoms with Gasteiger partial charge in [0.2, 0.25) is 0 Å². The highest BCUT2D eigenvalue weighted by atomic mass is 16.1. The highest BCUT2D eigenvalue weighted by Crippen LogP contribution is 2.16. The van der Waals surface area contributed by atoms with Crippen LogP contribution in [0.4, 0.5) is 5.69 Å². The van der Waals surface area contributed by atoms with Gasteiger partial charge in [0.15, 0.2) is 11.6 Å². The summed E-state index contributed by atoms with van der Waals surface area (Å²) in [5, 5.41) is 0. The van der Waals surface area contributed by atoms with Gasteiger partial charge in [-0.1, -0.05) is 42.5 Å². The second-order valence-corrected chi connectivity index (χ2v) is 6.52. The molecule has 3 aromatic carbocycles. The van der Waals surface area contributed by atoms with Gasteiger partial charge in [-0.05, 0) is 53.9 Å². The highest BCUT2D eigenvalue weighted by Gasteiger charge is 2.13. The molecule has 26 heavy (non-hydrogen) atoms. The van der Waals surface area contributed by atoms with Crippen LogP contribution in [0.1, 0.15) is 37.4 Å². The summed E-state index contributed by atoms with van der Waals surface area (Å²) in [5.41, 5.74) is 10.3. The number of rotatable bonds is 6. The fourth-order valence-corrected chi connectivity index (χ4v) is 2.98. The summed E-state index contributed by atoms with van der Waals surface area (Å²) >= 11 is 0. The van der Waals surface area contributed by atoms with E-state index >= 15 is 0 Å². The number of nitrogens with two attached hydrogens (primary N) is 1. The van der Waals surface area contributed by atoms with Crippen molar-refractivity contribution < 1.29 is 9.59 Å². The lowest BCUT2D eigenvalue weighted by atomic mass is 9.95. The SMILES string of the molecule is Cc1cc(C(=O)Cc2ccccc2)cc(C(=O)Cc2cccc(N)c2)c1. The van der Waals surface area contributed by atoms with E-state index in [0.717, 1.165) is 16.7 Å². The molecule has 0 radical (unpaired) electrons. The average Bonchev–Trinajstić information content (AvgIpc) is 2.62. The van der Waals surface area contributed by atoms with Crippen molar-refractivity contribution in [2.45, 2.75) is 19.8 Å². The first kappa shape index (κ1) is 17.6. The summed E-state index contributed by atoms with van der Waals surface area (Å²) in [7, 11) is 0. The molecule has 3 aromatic rings. The molecule has 3 rings (SSSR count). The molecule has 0 aliphatic rings. The van der Waals surface area contributed by atoms with Crippen LogP contribution in [0, 0.1) is 6.92 Å². The van der Waals surface area contributed by atoms with E-state index in [4.69, 9.17) is 5.73 Å². The van der Waals surface area contributed by atoms with E-state index in [-0.39, 0.29) is 18.0 Å². The molecule has 0 atom stereocenters. The Kier molecular flexibility index (Phi) is 5.28. The van der Waals surface area contributed by atoms with Crippen molar-refractivity contribution in [1.82, 2.24) is 0 Å². The van der Waals surface area contributed by atoms with Crippen molar-refractivity contribution in [2.75, 3.05) is 5.73 Å². The smallest absolute Gasteiger partial charge is 0.167 e. The maximum atomic E-state index is 12.7. The van der Waals surface area contributed by atoms with Gasteiger partial charge in [-0.2, -0.15) is 0 Å². The Morgan fingerprint density at radius 3 is 1.92 bits per heavy atom. The molecule has 0 saturated heterocycles. The zero-order chi connectivity index (χ0) is 18.5. The van der Waals surface area contributed by atoms with Crippen LogP contribution < -0.4 is 5.73 Å². The van der Waals surface area contributed by atoms with Gasteiger partial charge in [-0.25, -0.2) is 0 Å². The molecular weight excluding hydrogens is 322 g/mol. The van der Waals surface area contributed by atoms with Gasteiger partial charge >= 0.3 is 0 Å². The molecule has 0 fully saturated rings. The summed E-state index contributed by atoms with van der Waals surface area (Å²) in [6.07, 6.45) is 0.591. The minimum Gasteiger partial charge on any atom is -0.399 e. The van der Waals surface area contributed by atoms with Gasteiger partial charge < -0.3 is 5.73 Å². The maximum Gasteiger partial charge on any atom is 0.167 e. The molecule has 0 bridgehead atoms. The van der Waals surface area contributed by atoms with Crippen molar-refractivity contribution in [3.63, 3.8) is 0 Å². The van der Waals surface area contributed by atoms with Gasteiger partial charge in [0.25, 0.3) is 0 Å². The molecule has 0 heterocycles. The molecule has 0 amide bonds. The first-order chi connectivity index (χ1) is 12.5. The van der Waals surface area contributed by atoms with E-state index < -0.39 is 0 Å². The van der Waals surface area contributed by atoms with Crippen LogP contribution in [0.25, 0.3) is 0 Å². The van der Waals surface area contributed by atoms with E-state index in [0.29, 0.717) is 23.2 Å². The highest BCUT2D eigenvalue weighted by molar-refractivity contribution is 6.03. The first-order valence-electron chi connectivity index (χ1n) is 8.58. The van der Waals surface area contributed by atoms with E-state index in [1.807, 2.05) is 61.5 Å². The lowest BCUT2D eigenvalue weighted by molar-refractivity contribution is 0.0992. The summed E-state index contributed by atoms with van der Waals surface area (Å²) in [5.74, 6) is -0.00836. The second-order valence-electron chi connectivity index (χ2n) is 6.52. The largest absolute Gasteiger partial charge is 0.399 e. The summed E-state index contributed by atoms with van der Waals surface area (Å²) < 4.78 is 0. The molecule has 3 nitrogen and oxygen atoms in total. The average molecular weight is 343 g/mol. The van der Waals surface area contributed by atoms with Crippen LogP contribution in [0.5, 0.6) is 0 Å². The van der Waals surface area contributed by atoms with Crippen molar-refractivity contribution in [1.29, 1.82) is 0 Å².